The minimum absolute atomic E-state index is 0.146. The number of carbonyl (C=O) groups is 3. The van der Waals surface area contributed by atoms with Crippen LogP contribution in [0.4, 0.5) is 5.69 Å². The molecule has 0 aromatic heterocycles. The number of rotatable bonds is 3. The minimum Gasteiger partial charge on any atom is -0.323 e. The van der Waals surface area contributed by atoms with E-state index in [1.165, 1.54) is 11.0 Å². The molecule has 0 unspecified atom stereocenters. The van der Waals surface area contributed by atoms with Gasteiger partial charge >= 0.3 is 0 Å². The van der Waals surface area contributed by atoms with Crippen LogP contribution in [0.3, 0.4) is 0 Å². The van der Waals surface area contributed by atoms with Crippen molar-refractivity contribution >= 4 is 46.6 Å². The third kappa shape index (κ3) is 2.41. The Labute approximate surface area is 166 Å². The van der Waals surface area contributed by atoms with E-state index >= 15 is 0 Å². The zero-order valence-electron chi connectivity index (χ0n) is 14.6. The molecule has 2 saturated carbocycles. The molecule has 140 valence electrons. The second kappa shape index (κ2) is 5.82. The highest BCUT2D eigenvalue weighted by molar-refractivity contribution is 6.36. The summed E-state index contributed by atoms with van der Waals surface area (Å²) < 4.78 is 0. The predicted molar refractivity (Wildman–Crippen MR) is 101 cm³/mol. The lowest BCUT2D eigenvalue weighted by Crippen LogP contribution is -2.46. The number of likely N-dealkylation sites (tertiary alicyclic amines) is 1. The molecule has 7 heteroatoms. The Hall–Kier alpha value is -1.85. The largest absolute Gasteiger partial charge is 0.323 e. The zero-order valence-corrected chi connectivity index (χ0v) is 16.1. The summed E-state index contributed by atoms with van der Waals surface area (Å²) in [5.74, 6) is -0.0925. The summed E-state index contributed by atoms with van der Waals surface area (Å²) in [4.78, 5) is 40.0. The van der Waals surface area contributed by atoms with Gasteiger partial charge in [-0.05, 0) is 55.2 Å². The van der Waals surface area contributed by atoms with Gasteiger partial charge in [0.25, 0.3) is 0 Å². The third-order valence-electron chi connectivity index (χ3n) is 6.65. The van der Waals surface area contributed by atoms with E-state index in [0.29, 0.717) is 27.6 Å². The Kier molecular flexibility index (Phi) is 3.72. The van der Waals surface area contributed by atoms with E-state index in [1.54, 1.807) is 19.1 Å². The van der Waals surface area contributed by atoms with Gasteiger partial charge in [-0.2, -0.15) is 0 Å². The maximum Gasteiger partial charge on any atom is 0.247 e. The predicted octanol–water partition coefficient (Wildman–Crippen LogP) is 3.37. The van der Waals surface area contributed by atoms with Crippen molar-refractivity contribution in [2.45, 2.75) is 19.4 Å². The first-order valence-corrected chi connectivity index (χ1v) is 9.95. The molecule has 1 N–H and O–H groups in total. The van der Waals surface area contributed by atoms with Crippen molar-refractivity contribution in [3.8, 4) is 0 Å². The number of hydrogen-bond acceptors (Lipinski definition) is 3. The van der Waals surface area contributed by atoms with Crippen LogP contribution < -0.4 is 5.32 Å². The lowest BCUT2D eigenvalue weighted by atomic mass is 9.63. The third-order valence-corrected chi connectivity index (χ3v) is 7.20. The highest BCUT2D eigenvalue weighted by atomic mass is 35.5. The van der Waals surface area contributed by atoms with Gasteiger partial charge in [0, 0.05) is 5.02 Å². The molecule has 2 bridgehead atoms. The molecule has 3 amide bonds. The molecular weight excluding hydrogens is 387 g/mol. The van der Waals surface area contributed by atoms with Crippen LogP contribution in [-0.2, 0) is 14.4 Å². The zero-order chi connectivity index (χ0) is 19.0. The molecule has 3 fully saturated rings. The fraction of sp³-hybridized carbons (Fsp3) is 0.450. The lowest BCUT2D eigenvalue weighted by Gasteiger charge is -2.37. The smallest absolute Gasteiger partial charge is 0.247 e. The van der Waals surface area contributed by atoms with E-state index in [1.807, 2.05) is 0 Å². The molecule has 7 atom stereocenters. The standard InChI is InChI=1S/C20H18Cl2N2O3/c1-8(18(25)23-15-5-2-9(21)6-14(15)22)24-19(26)16-10-3-4-11(13-7-12(10)13)17(16)20(24)27/h2-6,8,10-13,16-17H,7H2,1H3,(H,23,25)/t8-,10+,11+,12+,13+,16-,17+/m1/s1. The summed E-state index contributed by atoms with van der Waals surface area (Å²) in [6.07, 6.45) is 5.35. The summed E-state index contributed by atoms with van der Waals surface area (Å²) in [5.41, 5.74) is 0.400. The van der Waals surface area contributed by atoms with Gasteiger partial charge in [-0.3, -0.25) is 19.3 Å². The van der Waals surface area contributed by atoms with Crippen molar-refractivity contribution in [3.63, 3.8) is 0 Å². The Bertz CT molecular complexity index is 878. The van der Waals surface area contributed by atoms with Crippen molar-refractivity contribution in [2.75, 3.05) is 5.32 Å². The van der Waals surface area contributed by atoms with E-state index in [2.05, 4.69) is 17.5 Å². The van der Waals surface area contributed by atoms with Crippen molar-refractivity contribution in [1.82, 2.24) is 4.90 Å². The maximum absolute atomic E-state index is 13.1. The maximum atomic E-state index is 13.1. The van der Waals surface area contributed by atoms with Gasteiger partial charge in [0.1, 0.15) is 6.04 Å². The minimum atomic E-state index is -0.891. The second-order valence-electron chi connectivity index (χ2n) is 7.99. The van der Waals surface area contributed by atoms with Gasteiger partial charge in [-0.25, -0.2) is 0 Å². The first-order chi connectivity index (χ1) is 12.9. The number of hydrogen-bond donors (Lipinski definition) is 1. The molecular formula is C20H18Cl2N2O3. The second-order valence-corrected chi connectivity index (χ2v) is 8.83. The molecule has 5 aliphatic rings. The molecule has 5 nitrogen and oxygen atoms in total. The average Bonchev–Trinajstić information content (AvgIpc) is 3.41. The van der Waals surface area contributed by atoms with E-state index in [0.717, 1.165) is 6.42 Å². The van der Waals surface area contributed by atoms with Crippen LogP contribution in [0.2, 0.25) is 10.0 Å². The Morgan fingerprint density at radius 3 is 2.26 bits per heavy atom. The molecule has 1 aromatic rings. The van der Waals surface area contributed by atoms with Gasteiger partial charge in [0.05, 0.1) is 22.5 Å². The van der Waals surface area contributed by atoms with Crippen molar-refractivity contribution in [2.24, 2.45) is 35.5 Å². The molecule has 0 radical (unpaired) electrons. The SMILES string of the molecule is C[C@H](C(=O)Nc1ccc(Cl)cc1Cl)N1C(=O)[C@@H]2[C@H]3C=C[C@@H]([C@@H]4C[C@@H]34)[C@@H]2C1=O. The first kappa shape index (κ1) is 17.3. The molecule has 1 aromatic carbocycles. The molecule has 1 aliphatic heterocycles. The number of allylic oxidation sites excluding steroid dienone is 2. The number of anilines is 1. The van der Waals surface area contributed by atoms with Gasteiger partial charge in [-0.1, -0.05) is 35.4 Å². The van der Waals surface area contributed by atoms with Crippen molar-refractivity contribution in [3.05, 3.63) is 40.4 Å². The number of halogens is 2. The van der Waals surface area contributed by atoms with Gasteiger partial charge in [-0.15, -0.1) is 0 Å². The Balaban J connectivity index is 1.38. The summed E-state index contributed by atoms with van der Waals surface area (Å²) in [6.45, 7) is 1.59. The molecule has 27 heavy (non-hydrogen) atoms. The van der Waals surface area contributed by atoms with Crippen molar-refractivity contribution in [1.29, 1.82) is 0 Å². The summed E-state index contributed by atoms with van der Waals surface area (Å²) >= 11 is 12.0. The van der Waals surface area contributed by atoms with E-state index < -0.39 is 11.9 Å². The van der Waals surface area contributed by atoms with Crippen LogP contribution in [0.25, 0.3) is 0 Å². The van der Waals surface area contributed by atoms with Gasteiger partial charge in [0.15, 0.2) is 0 Å². The number of imide groups is 1. The Morgan fingerprint density at radius 2 is 1.70 bits per heavy atom. The summed E-state index contributed by atoms with van der Waals surface area (Å²) in [5, 5.41) is 3.46. The van der Waals surface area contributed by atoms with Crippen LogP contribution in [0.1, 0.15) is 13.3 Å². The molecule has 1 saturated heterocycles. The number of benzene rings is 1. The monoisotopic (exact) mass is 404 g/mol. The fourth-order valence-electron chi connectivity index (χ4n) is 5.31. The lowest BCUT2D eigenvalue weighted by molar-refractivity contribution is -0.146. The van der Waals surface area contributed by atoms with Crippen LogP contribution in [0.5, 0.6) is 0 Å². The number of nitrogens with zero attached hydrogens (tertiary/aromatic N) is 1. The normalized spacial score (nSPS) is 36.5. The molecule has 6 rings (SSSR count). The van der Waals surface area contributed by atoms with Crippen molar-refractivity contribution < 1.29 is 14.4 Å². The number of nitrogens with one attached hydrogen (secondary N) is 1. The average molecular weight is 405 g/mol. The van der Waals surface area contributed by atoms with E-state index in [-0.39, 0.29) is 35.5 Å². The quantitative estimate of drug-likeness (QED) is 0.620. The fourth-order valence-corrected chi connectivity index (χ4v) is 5.76. The van der Waals surface area contributed by atoms with Crippen LogP contribution in [-0.4, -0.2) is 28.7 Å². The highest BCUT2D eigenvalue weighted by Gasteiger charge is 2.67. The molecule has 0 spiro atoms. The van der Waals surface area contributed by atoms with E-state index in [9.17, 15) is 14.4 Å². The first-order valence-electron chi connectivity index (χ1n) is 9.19. The topological polar surface area (TPSA) is 66.5 Å². The highest BCUT2D eigenvalue weighted by Crippen LogP contribution is 2.65. The summed E-state index contributed by atoms with van der Waals surface area (Å²) in [6, 6.07) is 3.85. The summed E-state index contributed by atoms with van der Waals surface area (Å²) in [7, 11) is 0. The number of carbonyl (C=O) groups excluding carboxylic acids is 3. The van der Waals surface area contributed by atoms with Crippen LogP contribution in [0, 0.1) is 35.5 Å². The van der Waals surface area contributed by atoms with Crippen LogP contribution >= 0.6 is 23.2 Å². The number of amides is 3. The molecule has 1 heterocycles. The Morgan fingerprint density at radius 1 is 1.11 bits per heavy atom. The van der Waals surface area contributed by atoms with Gasteiger partial charge < -0.3 is 5.32 Å². The molecule has 4 aliphatic carbocycles. The van der Waals surface area contributed by atoms with Crippen LogP contribution in [0.15, 0.2) is 30.4 Å². The van der Waals surface area contributed by atoms with Gasteiger partial charge in [0.2, 0.25) is 17.7 Å². The van der Waals surface area contributed by atoms with E-state index in [4.69, 9.17) is 23.2 Å².